The van der Waals surface area contributed by atoms with Crippen LogP contribution in [-0.4, -0.2) is 36.7 Å². The van der Waals surface area contributed by atoms with Gasteiger partial charge in [-0.3, -0.25) is 0 Å². The number of aliphatic hydroxyl groups is 1. The Kier molecular flexibility index (Phi) is 4.62. The minimum Gasteiger partial charge on any atom is -0.486 e. The zero-order valence-corrected chi connectivity index (χ0v) is 13.3. The van der Waals surface area contributed by atoms with Crippen LogP contribution in [0.2, 0.25) is 0 Å². The van der Waals surface area contributed by atoms with Gasteiger partial charge < -0.3 is 19.9 Å². The Morgan fingerprint density at radius 3 is 2.52 bits per heavy atom. The van der Waals surface area contributed by atoms with E-state index in [1.165, 1.54) is 10.5 Å². The van der Waals surface area contributed by atoms with Gasteiger partial charge in [-0.15, -0.1) is 11.8 Å². The predicted molar refractivity (Wildman–Crippen MR) is 84.3 cm³/mol. The number of ether oxygens (including phenoxy) is 2. The Morgan fingerprint density at radius 1 is 1.19 bits per heavy atom. The van der Waals surface area contributed by atoms with E-state index in [-0.39, 0.29) is 0 Å². The van der Waals surface area contributed by atoms with Crippen molar-refractivity contribution < 1.29 is 14.6 Å². The maximum atomic E-state index is 10.4. The third kappa shape index (κ3) is 3.47. The van der Waals surface area contributed by atoms with E-state index in [0.717, 1.165) is 43.7 Å². The molecule has 2 N–H and O–H groups in total. The van der Waals surface area contributed by atoms with E-state index in [1.54, 1.807) is 11.8 Å². The van der Waals surface area contributed by atoms with Crippen LogP contribution < -0.4 is 14.8 Å². The zero-order chi connectivity index (χ0) is 14.7. The lowest BCUT2D eigenvalue weighted by Crippen LogP contribution is -2.37. The summed E-state index contributed by atoms with van der Waals surface area (Å²) in [6.45, 7) is 2.63. The Labute approximate surface area is 130 Å². The first kappa shape index (κ1) is 15.0. The molecule has 1 aromatic rings. The van der Waals surface area contributed by atoms with Gasteiger partial charge in [-0.05, 0) is 36.8 Å². The first-order valence-corrected chi connectivity index (χ1v) is 8.82. The molecule has 0 aromatic heterocycles. The lowest BCUT2D eigenvalue weighted by atomic mass is 10.0. The quantitative estimate of drug-likeness (QED) is 0.819. The number of hydrogen-bond acceptors (Lipinski definition) is 5. The molecule has 0 amide bonds. The van der Waals surface area contributed by atoms with Crippen molar-refractivity contribution in [2.24, 2.45) is 0 Å². The largest absolute Gasteiger partial charge is 0.486 e. The lowest BCUT2D eigenvalue weighted by molar-refractivity contribution is 0.0474. The van der Waals surface area contributed by atoms with Crippen LogP contribution in [-0.2, 0) is 6.54 Å². The van der Waals surface area contributed by atoms with Gasteiger partial charge in [-0.2, -0.15) is 0 Å². The summed E-state index contributed by atoms with van der Waals surface area (Å²) in [5.41, 5.74) is 0.696. The minimum absolute atomic E-state index is 0.507. The number of nitrogens with one attached hydrogen (secondary N) is 1. The Morgan fingerprint density at radius 2 is 1.86 bits per heavy atom. The second-order valence-corrected chi connectivity index (χ2v) is 6.69. The molecule has 21 heavy (non-hydrogen) atoms. The molecule has 1 aromatic carbocycles. The molecule has 1 saturated carbocycles. The predicted octanol–water partition coefficient (Wildman–Crippen LogP) is 2.57. The summed E-state index contributed by atoms with van der Waals surface area (Å²) in [5, 5.41) is 13.8. The maximum Gasteiger partial charge on any atom is 0.162 e. The summed E-state index contributed by atoms with van der Waals surface area (Å²) < 4.78 is 11.3. The summed E-state index contributed by atoms with van der Waals surface area (Å²) in [4.78, 5) is 1.20. The van der Waals surface area contributed by atoms with Crippen LogP contribution in [0, 0.1) is 0 Å². The third-order valence-electron chi connectivity index (χ3n) is 4.25. The number of rotatable bonds is 5. The molecule has 0 spiro atoms. The van der Waals surface area contributed by atoms with Gasteiger partial charge in [0.25, 0.3) is 0 Å². The molecule has 0 saturated heterocycles. The van der Waals surface area contributed by atoms with Crippen LogP contribution in [0.15, 0.2) is 17.0 Å². The monoisotopic (exact) mass is 309 g/mol. The van der Waals surface area contributed by atoms with Crippen LogP contribution >= 0.6 is 11.8 Å². The topological polar surface area (TPSA) is 50.7 Å². The molecule has 4 nitrogen and oxygen atoms in total. The van der Waals surface area contributed by atoms with Crippen LogP contribution in [0.5, 0.6) is 11.5 Å². The van der Waals surface area contributed by atoms with Crippen LogP contribution in [0.4, 0.5) is 0 Å². The van der Waals surface area contributed by atoms with Gasteiger partial charge in [0.1, 0.15) is 13.2 Å². The molecule has 0 bridgehead atoms. The number of thioether (sulfide) groups is 1. The van der Waals surface area contributed by atoms with Crippen molar-refractivity contribution in [2.75, 3.05) is 26.0 Å². The highest BCUT2D eigenvalue weighted by atomic mass is 32.2. The lowest BCUT2D eigenvalue weighted by Gasteiger charge is -2.24. The number of hydrogen-bond donors (Lipinski definition) is 2. The van der Waals surface area contributed by atoms with Crippen molar-refractivity contribution in [1.29, 1.82) is 0 Å². The third-order valence-corrected chi connectivity index (χ3v) is 5.07. The van der Waals surface area contributed by atoms with Gasteiger partial charge in [0, 0.05) is 18.0 Å². The normalized spacial score (nSPS) is 19.7. The highest BCUT2D eigenvalue weighted by molar-refractivity contribution is 7.98. The summed E-state index contributed by atoms with van der Waals surface area (Å²) in [6, 6.07) is 4.12. The second-order valence-electron chi connectivity index (χ2n) is 5.84. The van der Waals surface area contributed by atoms with E-state index < -0.39 is 5.60 Å². The minimum atomic E-state index is -0.507. The van der Waals surface area contributed by atoms with E-state index in [4.69, 9.17) is 9.47 Å². The van der Waals surface area contributed by atoms with Crippen LogP contribution in [0.1, 0.15) is 31.2 Å². The molecular formula is C16H23NO3S. The van der Waals surface area contributed by atoms with E-state index in [1.807, 2.05) is 0 Å². The maximum absolute atomic E-state index is 10.4. The van der Waals surface area contributed by atoms with Gasteiger partial charge in [0.2, 0.25) is 0 Å². The van der Waals surface area contributed by atoms with Gasteiger partial charge in [-0.1, -0.05) is 12.8 Å². The van der Waals surface area contributed by atoms with E-state index in [0.29, 0.717) is 19.8 Å². The fraction of sp³-hybridized carbons (Fsp3) is 0.625. The molecule has 3 rings (SSSR count). The Balaban J connectivity index is 1.66. The zero-order valence-electron chi connectivity index (χ0n) is 12.5. The molecule has 5 heteroatoms. The van der Waals surface area contributed by atoms with Crippen molar-refractivity contribution in [3.63, 3.8) is 0 Å². The van der Waals surface area contributed by atoms with E-state index >= 15 is 0 Å². The van der Waals surface area contributed by atoms with Crippen molar-refractivity contribution in [1.82, 2.24) is 5.32 Å². The second kappa shape index (κ2) is 6.46. The SMILES string of the molecule is CSc1cc2c(cc1CNCC1(O)CCCC1)OCCO2. The van der Waals surface area contributed by atoms with Crippen molar-refractivity contribution in [3.8, 4) is 11.5 Å². The fourth-order valence-electron chi connectivity index (χ4n) is 3.08. The first-order chi connectivity index (χ1) is 10.2. The van der Waals surface area contributed by atoms with E-state index in [9.17, 15) is 5.11 Å². The first-order valence-electron chi connectivity index (χ1n) is 7.60. The highest BCUT2D eigenvalue weighted by Crippen LogP contribution is 2.36. The number of fused-ring (bicyclic) bond motifs is 1. The van der Waals surface area contributed by atoms with Crippen LogP contribution in [0.3, 0.4) is 0 Å². The molecule has 116 valence electrons. The molecule has 0 radical (unpaired) electrons. The Bertz CT molecular complexity index is 501. The molecule has 2 aliphatic rings. The average molecular weight is 309 g/mol. The van der Waals surface area contributed by atoms with E-state index in [2.05, 4.69) is 23.7 Å². The molecule has 0 unspecified atom stereocenters. The standard InChI is InChI=1S/C16H23NO3S/c1-21-15-9-14-13(19-6-7-20-14)8-12(15)10-17-11-16(18)4-2-3-5-16/h8-9,17-18H,2-7,10-11H2,1H3. The van der Waals surface area contributed by atoms with Crippen molar-refractivity contribution in [3.05, 3.63) is 17.7 Å². The fourth-order valence-corrected chi connectivity index (χ4v) is 3.70. The Hall–Kier alpha value is -0.910. The van der Waals surface area contributed by atoms with Crippen LogP contribution in [0.25, 0.3) is 0 Å². The van der Waals surface area contributed by atoms with Crippen molar-refractivity contribution in [2.45, 2.75) is 42.7 Å². The molecule has 1 heterocycles. The summed E-state index contributed by atoms with van der Waals surface area (Å²) in [5.74, 6) is 1.67. The highest BCUT2D eigenvalue weighted by Gasteiger charge is 2.30. The van der Waals surface area contributed by atoms with Gasteiger partial charge in [-0.25, -0.2) is 0 Å². The van der Waals surface area contributed by atoms with Gasteiger partial charge >= 0.3 is 0 Å². The summed E-state index contributed by atoms with van der Waals surface area (Å²) in [7, 11) is 0. The van der Waals surface area contributed by atoms with Gasteiger partial charge in [0.15, 0.2) is 11.5 Å². The molecular weight excluding hydrogens is 286 g/mol. The molecule has 1 fully saturated rings. The molecule has 1 aliphatic carbocycles. The summed E-state index contributed by atoms with van der Waals surface area (Å²) in [6.07, 6.45) is 6.17. The van der Waals surface area contributed by atoms with Crippen molar-refractivity contribution >= 4 is 11.8 Å². The molecule has 1 aliphatic heterocycles. The van der Waals surface area contributed by atoms with Gasteiger partial charge in [0.05, 0.1) is 5.60 Å². The molecule has 0 atom stereocenters. The summed E-state index contributed by atoms with van der Waals surface area (Å²) >= 11 is 1.71. The average Bonchev–Trinajstić information content (AvgIpc) is 2.93. The number of benzene rings is 1. The smallest absolute Gasteiger partial charge is 0.162 e.